The predicted octanol–water partition coefficient (Wildman–Crippen LogP) is 4.81. The Morgan fingerprint density at radius 2 is 1.93 bits per heavy atom. The molecule has 2 aromatic carbocycles. The van der Waals surface area contributed by atoms with Crippen LogP contribution < -0.4 is 14.8 Å². The predicted molar refractivity (Wildman–Crippen MR) is 93.1 cm³/mol. The highest BCUT2D eigenvalue weighted by Crippen LogP contribution is 2.34. The van der Waals surface area contributed by atoms with Crippen LogP contribution >= 0.6 is 11.3 Å². The number of fused-ring (bicyclic) bond motifs is 1. The van der Waals surface area contributed by atoms with Gasteiger partial charge in [0.1, 0.15) is 0 Å². The van der Waals surface area contributed by atoms with Gasteiger partial charge in [-0.3, -0.25) is 10.1 Å². The lowest BCUT2D eigenvalue weighted by Gasteiger charge is -2.07. The number of amides is 1. The number of aromatic nitrogens is 1. The van der Waals surface area contributed by atoms with E-state index >= 15 is 0 Å². The average molecular weight is 392 g/mol. The lowest BCUT2D eigenvalue weighted by molar-refractivity contribution is -0.137. The number of halogens is 3. The summed E-state index contributed by atoms with van der Waals surface area (Å²) in [6, 6.07) is 9.66. The number of alkyl halides is 3. The van der Waals surface area contributed by atoms with Crippen molar-refractivity contribution < 1.29 is 27.4 Å². The Labute approximate surface area is 155 Å². The molecule has 27 heavy (non-hydrogen) atoms. The number of anilines is 1. The van der Waals surface area contributed by atoms with Gasteiger partial charge < -0.3 is 9.47 Å². The zero-order valence-corrected chi connectivity index (χ0v) is 14.4. The fraction of sp³-hybridized carbons (Fsp3) is 0.111. The molecule has 1 aromatic heterocycles. The maximum atomic E-state index is 12.8. The van der Waals surface area contributed by atoms with Gasteiger partial charge >= 0.3 is 6.18 Å². The van der Waals surface area contributed by atoms with Gasteiger partial charge in [-0.05, 0) is 30.3 Å². The molecule has 0 fully saturated rings. The van der Waals surface area contributed by atoms with Crippen molar-refractivity contribution in [3.8, 4) is 22.8 Å². The van der Waals surface area contributed by atoms with Crippen molar-refractivity contribution in [2.24, 2.45) is 0 Å². The highest BCUT2D eigenvalue weighted by Gasteiger charge is 2.30. The summed E-state index contributed by atoms with van der Waals surface area (Å²) in [6.45, 7) is 0.104. The van der Waals surface area contributed by atoms with E-state index in [1.807, 2.05) is 0 Å². The Hall–Kier alpha value is -3.07. The van der Waals surface area contributed by atoms with E-state index in [2.05, 4.69) is 10.3 Å². The summed E-state index contributed by atoms with van der Waals surface area (Å²) in [5.41, 5.74) is 0.283. The van der Waals surface area contributed by atoms with E-state index in [4.69, 9.17) is 9.47 Å². The van der Waals surface area contributed by atoms with E-state index < -0.39 is 17.6 Å². The lowest BCUT2D eigenvalue weighted by atomic mass is 10.1. The number of ether oxygens (including phenoxy) is 2. The monoisotopic (exact) mass is 392 g/mol. The third-order valence-corrected chi connectivity index (χ3v) is 4.60. The molecule has 138 valence electrons. The van der Waals surface area contributed by atoms with Crippen LogP contribution in [0.1, 0.15) is 15.9 Å². The summed E-state index contributed by atoms with van der Waals surface area (Å²) in [7, 11) is 0. The SMILES string of the molecule is O=C(Nc1nc(-c2cccc(C(F)(F)F)c2)cs1)c1ccc2c(c1)OCO2. The fourth-order valence-corrected chi connectivity index (χ4v) is 3.24. The minimum Gasteiger partial charge on any atom is -0.454 e. The van der Waals surface area contributed by atoms with E-state index in [1.54, 1.807) is 23.6 Å². The van der Waals surface area contributed by atoms with Crippen molar-refractivity contribution in [2.45, 2.75) is 6.18 Å². The van der Waals surface area contributed by atoms with E-state index in [0.717, 1.165) is 23.5 Å². The van der Waals surface area contributed by atoms with Crippen LogP contribution in [-0.2, 0) is 6.18 Å². The first-order chi connectivity index (χ1) is 12.9. The number of benzene rings is 2. The third-order valence-electron chi connectivity index (χ3n) is 3.85. The first-order valence-electron chi connectivity index (χ1n) is 7.74. The molecule has 0 saturated carbocycles. The second kappa shape index (κ2) is 6.58. The normalized spacial score (nSPS) is 12.9. The van der Waals surface area contributed by atoms with Gasteiger partial charge in [-0.2, -0.15) is 13.2 Å². The first kappa shape index (κ1) is 17.3. The van der Waals surface area contributed by atoms with Crippen molar-refractivity contribution in [3.63, 3.8) is 0 Å². The van der Waals surface area contributed by atoms with Crippen LogP contribution in [-0.4, -0.2) is 17.7 Å². The number of nitrogens with zero attached hydrogens (tertiary/aromatic N) is 1. The fourth-order valence-electron chi connectivity index (χ4n) is 2.53. The third kappa shape index (κ3) is 3.59. The highest BCUT2D eigenvalue weighted by molar-refractivity contribution is 7.14. The van der Waals surface area contributed by atoms with Crippen molar-refractivity contribution in [1.82, 2.24) is 4.98 Å². The van der Waals surface area contributed by atoms with Crippen LogP contribution in [0.25, 0.3) is 11.3 Å². The minimum absolute atomic E-state index is 0.104. The Balaban J connectivity index is 1.52. The molecule has 0 saturated heterocycles. The van der Waals surface area contributed by atoms with E-state index in [9.17, 15) is 18.0 Å². The quantitative estimate of drug-likeness (QED) is 0.695. The molecule has 0 aliphatic carbocycles. The second-order valence-electron chi connectivity index (χ2n) is 5.64. The van der Waals surface area contributed by atoms with Gasteiger partial charge in [0.15, 0.2) is 16.6 Å². The van der Waals surface area contributed by atoms with Crippen LogP contribution in [0.2, 0.25) is 0 Å². The largest absolute Gasteiger partial charge is 0.454 e. The molecule has 5 nitrogen and oxygen atoms in total. The zero-order chi connectivity index (χ0) is 19.0. The maximum Gasteiger partial charge on any atom is 0.416 e. The van der Waals surface area contributed by atoms with Gasteiger partial charge in [-0.15, -0.1) is 11.3 Å². The standard InChI is InChI=1S/C18H11F3N2O3S/c19-18(20,21)12-3-1-2-10(6-12)13-8-27-17(22-13)23-16(24)11-4-5-14-15(7-11)26-9-25-14/h1-8H,9H2,(H,22,23,24). The molecule has 0 bridgehead atoms. The molecule has 3 aromatic rings. The van der Waals surface area contributed by atoms with Crippen LogP contribution in [0.15, 0.2) is 47.8 Å². The Kier molecular flexibility index (Phi) is 4.23. The number of hydrogen-bond acceptors (Lipinski definition) is 5. The van der Waals surface area contributed by atoms with Crippen molar-refractivity contribution in [2.75, 3.05) is 12.1 Å². The molecule has 0 spiro atoms. The van der Waals surface area contributed by atoms with E-state index in [1.165, 1.54) is 12.1 Å². The van der Waals surface area contributed by atoms with Gasteiger partial charge in [-0.25, -0.2) is 4.98 Å². The molecule has 0 unspecified atom stereocenters. The molecule has 4 rings (SSSR count). The molecule has 1 amide bonds. The van der Waals surface area contributed by atoms with Crippen LogP contribution in [0.5, 0.6) is 11.5 Å². The Morgan fingerprint density at radius 3 is 2.74 bits per heavy atom. The van der Waals surface area contributed by atoms with E-state index in [0.29, 0.717) is 28.3 Å². The molecular formula is C18H11F3N2O3S. The van der Waals surface area contributed by atoms with Crippen molar-refractivity contribution in [1.29, 1.82) is 0 Å². The number of thiazole rings is 1. The van der Waals surface area contributed by atoms with E-state index in [-0.39, 0.29) is 11.9 Å². The number of nitrogens with one attached hydrogen (secondary N) is 1. The smallest absolute Gasteiger partial charge is 0.416 e. The summed E-state index contributed by atoms with van der Waals surface area (Å²) in [4.78, 5) is 16.6. The zero-order valence-electron chi connectivity index (χ0n) is 13.5. The summed E-state index contributed by atoms with van der Waals surface area (Å²) in [5, 5.41) is 4.50. The summed E-state index contributed by atoms with van der Waals surface area (Å²) in [5.74, 6) is 0.636. The molecular weight excluding hydrogens is 381 g/mol. The number of carbonyl (C=O) groups excluding carboxylic acids is 1. The molecule has 9 heteroatoms. The van der Waals surface area contributed by atoms with Crippen LogP contribution in [0.3, 0.4) is 0 Å². The van der Waals surface area contributed by atoms with Crippen molar-refractivity contribution in [3.05, 3.63) is 59.0 Å². The summed E-state index contributed by atoms with van der Waals surface area (Å²) < 4.78 is 49.0. The van der Waals surface area contributed by atoms with Crippen LogP contribution in [0, 0.1) is 0 Å². The molecule has 2 heterocycles. The number of rotatable bonds is 3. The molecule has 1 aliphatic rings. The van der Waals surface area contributed by atoms with Gasteiger partial charge in [0.05, 0.1) is 11.3 Å². The molecule has 0 radical (unpaired) electrons. The molecule has 1 aliphatic heterocycles. The van der Waals surface area contributed by atoms with Gasteiger partial charge in [0, 0.05) is 16.5 Å². The summed E-state index contributed by atoms with van der Waals surface area (Å²) >= 11 is 1.13. The van der Waals surface area contributed by atoms with Gasteiger partial charge in [-0.1, -0.05) is 12.1 Å². The van der Waals surface area contributed by atoms with Crippen LogP contribution in [0.4, 0.5) is 18.3 Å². The first-order valence-corrected chi connectivity index (χ1v) is 8.62. The Morgan fingerprint density at radius 1 is 1.11 bits per heavy atom. The van der Waals surface area contributed by atoms with Gasteiger partial charge in [0.2, 0.25) is 6.79 Å². The van der Waals surface area contributed by atoms with Gasteiger partial charge in [0.25, 0.3) is 5.91 Å². The van der Waals surface area contributed by atoms with Crippen molar-refractivity contribution >= 4 is 22.4 Å². The molecule has 1 N–H and O–H groups in total. The second-order valence-corrected chi connectivity index (χ2v) is 6.50. The average Bonchev–Trinajstić information content (AvgIpc) is 3.29. The highest BCUT2D eigenvalue weighted by atomic mass is 32.1. The Bertz CT molecular complexity index is 1020. The number of carbonyl (C=O) groups is 1. The lowest BCUT2D eigenvalue weighted by Crippen LogP contribution is -2.11. The minimum atomic E-state index is -4.43. The maximum absolute atomic E-state index is 12.8. The summed E-state index contributed by atoms with van der Waals surface area (Å²) in [6.07, 6.45) is -4.43. The number of hydrogen-bond donors (Lipinski definition) is 1. The topological polar surface area (TPSA) is 60.5 Å². The molecule has 0 atom stereocenters.